The maximum atomic E-state index is 11.1. The normalized spacial score (nSPS) is 27.7. The van der Waals surface area contributed by atoms with E-state index in [0.29, 0.717) is 0 Å². The van der Waals surface area contributed by atoms with E-state index in [1.807, 2.05) is 6.07 Å². The molecule has 1 unspecified atom stereocenters. The predicted octanol–water partition coefficient (Wildman–Crippen LogP) is 3.29. The third-order valence-electron chi connectivity index (χ3n) is 4.04. The second-order valence-electron chi connectivity index (χ2n) is 5.28. The maximum Gasteiger partial charge on any atom is 0.146 e. The molecule has 96 valence electrons. The smallest absolute Gasteiger partial charge is 0.146 e. The molecule has 18 heavy (non-hydrogen) atoms. The Balaban J connectivity index is 2.07. The van der Waals surface area contributed by atoms with Crippen LogP contribution in [0.4, 0.5) is 0 Å². The van der Waals surface area contributed by atoms with Crippen LogP contribution in [-0.4, -0.2) is 11.7 Å². The van der Waals surface area contributed by atoms with E-state index in [4.69, 9.17) is 4.74 Å². The summed E-state index contributed by atoms with van der Waals surface area (Å²) in [6, 6.07) is 8.26. The van der Waals surface area contributed by atoms with Crippen LogP contribution in [0.15, 0.2) is 36.1 Å². The number of benzene rings is 1. The maximum absolute atomic E-state index is 11.1. The first-order valence-electron chi connectivity index (χ1n) is 6.95. The second kappa shape index (κ2) is 4.77. The molecule has 1 aliphatic heterocycles. The molecule has 1 N–H and O–H groups in total. The van der Waals surface area contributed by atoms with Crippen molar-refractivity contribution in [2.45, 2.75) is 44.1 Å². The second-order valence-corrected chi connectivity index (χ2v) is 5.28. The number of fused-ring (bicyclic) bond motifs is 1. The van der Waals surface area contributed by atoms with E-state index >= 15 is 0 Å². The zero-order valence-corrected chi connectivity index (χ0v) is 10.7. The van der Waals surface area contributed by atoms with Crippen molar-refractivity contribution in [2.24, 2.45) is 0 Å². The molecule has 0 radical (unpaired) electrons. The number of ether oxygens (including phenoxy) is 1. The summed E-state index contributed by atoms with van der Waals surface area (Å²) in [6.07, 6.45) is 8.17. The van der Waals surface area contributed by atoms with Crippen LogP contribution >= 0.6 is 0 Å². The Morgan fingerprint density at radius 2 is 2.00 bits per heavy atom. The van der Waals surface area contributed by atoms with Gasteiger partial charge in [0.2, 0.25) is 0 Å². The summed E-state index contributed by atoms with van der Waals surface area (Å²) in [5.41, 5.74) is 1.43. The molecule has 2 aliphatic rings. The van der Waals surface area contributed by atoms with E-state index in [0.717, 1.165) is 56.5 Å². The third kappa shape index (κ3) is 1.95. The molecule has 0 saturated carbocycles. The largest absolute Gasteiger partial charge is 0.495 e. The van der Waals surface area contributed by atoms with Crippen LogP contribution in [-0.2, 0) is 16.8 Å². The van der Waals surface area contributed by atoms with Crippen molar-refractivity contribution in [2.75, 3.05) is 6.61 Å². The van der Waals surface area contributed by atoms with Crippen molar-refractivity contribution in [3.63, 3.8) is 0 Å². The fraction of sp³-hybridized carbons (Fsp3) is 0.500. The van der Waals surface area contributed by atoms with E-state index < -0.39 is 5.60 Å². The van der Waals surface area contributed by atoms with Gasteiger partial charge in [-0.1, -0.05) is 24.3 Å². The first-order chi connectivity index (χ1) is 8.81. The lowest BCUT2D eigenvalue weighted by Crippen LogP contribution is -2.31. The molecule has 3 rings (SSSR count). The Hall–Kier alpha value is -1.28. The van der Waals surface area contributed by atoms with Gasteiger partial charge in [0.05, 0.1) is 6.61 Å². The van der Waals surface area contributed by atoms with Crippen molar-refractivity contribution in [1.29, 1.82) is 0 Å². The molecule has 0 spiro atoms. The van der Waals surface area contributed by atoms with Crippen molar-refractivity contribution < 1.29 is 9.84 Å². The van der Waals surface area contributed by atoms with E-state index in [1.54, 1.807) is 0 Å². The van der Waals surface area contributed by atoms with Crippen LogP contribution in [0.3, 0.4) is 0 Å². The summed E-state index contributed by atoms with van der Waals surface area (Å²) in [4.78, 5) is 0. The van der Waals surface area contributed by atoms with Crippen LogP contribution in [0.25, 0.3) is 0 Å². The van der Waals surface area contributed by atoms with Crippen molar-refractivity contribution in [3.8, 4) is 0 Å². The number of hydrogen-bond acceptors (Lipinski definition) is 2. The summed E-state index contributed by atoms with van der Waals surface area (Å²) >= 11 is 0. The van der Waals surface area contributed by atoms with Crippen LogP contribution in [0.5, 0.6) is 0 Å². The van der Waals surface area contributed by atoms with E-state index in [2.05, 4.69) is 24.3 Å². The fourth-order valence-electron chi connectivity index (χ4n) is 3.07. The van der Waals surface area contributed by atoms with Gasteiger partial charge in [-0.2, -0.15) is 0 Å². The minimum absolute atomic E-state index is 0.732. The molecule has 1 atom stereocenters. The summed E-state index contributed by atoms with van der Waals surface area (Å²) in [5.74, 6) is 0.781. The number of hydrogen-bond donors (Lipinski definition) is 1. The highest BCUT2D eigenvalue weighted by Crippen LogP contribution is 2.41. The minimum Gasteiger partial charge on any atom is -0.495 e. The lowest BCUT2D eigenvalue weighted by Gasteiger charge is -2.33. The fourth-order valence-corrected chi connectivity index (χ4v) is 3.07. The molecule has 2 nitrogen and oxygen atoms in total. The Labute approximate surface area is 108 Å². The Morgan fingerprint density at radius 3 is 2.83 bits per heavy atom. The molecule has 1 aliphatic carbocycles. The van der Waals surface area contributed by atoms with Crippen LogP contribution in [0.2, 0.25) is 0 Å². The summed E-state index contributed by atoms with van der Waals surface area (Å²) in [7, 11) is 0. The van der Waals surface area contributed by atoms with Gasteiger partial charge in [-0.25, -0.2) is 0 Å². The predicted molar refractivity (Wildman–Crippen MR) is 71.2 cm³/mol. The average molecular weight is 244 g/mol. The van der Waals surface area contributed by atoms with Gasteiger partial charge in [-0.15, -0.1) is 0 Å². The quantitative estimate of drug-likeness (QED) is 0.768. The Kier molecular flexibility index (Phi) is 3.13. The van der Waals surface area contributed by atoms with Crippen LogP contribution < -0.4 is 0 Å². The van der Waals surface area contributed by atoms with Gasteiger partial charge < -0.3 is 9.84 Å². The lowest BCUT2D eigenvalue weighted by atomic mass is 9.85. The Bertz CT molecular complexity index is 464. The number of aryl methyl sites for hydroxylation is 1. The summed E-state index contributed by atoms with van der Waals surface area (Å²) in [6.45, 7) is 0.732. The molecule has 2 heteroatoms. The van der Waals surface area contributed by atoms with E-state index in [1.165, 1.54) is 5.56 Å². The minimum atomic E-state index is -0.895. The highest BCUT2D eigenvalue weighted by atomic mass is 16.5. The molecule has 1 heterocycles. The molecule has 0 bridgehead atoms. The van der Waals surface area contributed by atoms with Crippen molar-refractivity contribution >= 4 is 0 Å². The standard InChI is InChI=1S/C16H20O2/c17-16(15-10-4-6-12-18-15)11-5-3-8-13-7-1-2-9-14(13)16/h1-2,7,9-10,17H,3-6,8,11-12H2. The van der Waals surface area contributed by atoms with Gasteiger partial charge in [0, 0.05) is 0 Å². The van der Waals surface area contributed by atoms with Gasteiger partial charge in [0.1, 0.15) is 11.4 Å². The summed E-state index contributed by atoms with van der Waals surface area (Å²) in [5, 5.41) is 11.1. The highest BCUT2D eigenvalue weighted by molar-refractivity contribution is 5.38. The molecular formula is C16H20O2. The number of rotatable bonds is 1. The van der Waals surface area contributed by atoms with Gasteiger partial charge >= 0.3 is 0 Å². The monoisotopic (exact) mass is 244 g/mol. The zero-order chi connectivity index (χ0) is 12.4. The average Bonchev–Trinajstić information content (AvgIpc) is 2.61. The van der Waals surface area contributed by atoms with Gasteiger partial charge in [-0.05, 0) is 55.7 Å². The molecule has 1 aromatic rings. The molecule has 0 aromatic heterocycles. The highest BCUT2D eigenvalue weighted by Gasteiger charge is 2.38. The lowest BCUT2D eigenvalue weighted by molar-refractivity contribution is -0.00648. The first kappa shape index (κ1) is 11.8. The van der Waals surface area contributed by atoms with Gasteiger partial charge in [0.15, 0.2) is 0 Å². The van der Waals surface area contributed by atoms with E-state index in [9.17, 15) is 5.11 Å². The van der Waals surface area contributed by atoms with E-state index in [-0.39, 0.29) is 0 Å². The Morgan fingerprint density at radius 1 is 1.11 bits per heavy atom. The molecule has 0 saturated heterocycles. The first-order valence-corrected chi connectivity index (χ1v) is 6.95. The topological polar surface area (TPSA) is 29.5 Å². The van der Waals surface area contributed by atoms with Gasteiger partial charge in [0.25, 0.3) is 0 Å². The zero-order valence-electron chi connectivity index (χ0n) is 10.7. The van der Waals surface area contributed by atoms with Crippen molar-refractivity contribution in [1.82, 2.24) is 0 Å². The number of aliphatic hydroxyl groups is 1. The van der Waals surface area contributed by atoms with Crippen molar-refractivity contribution in [3.05, 3.63) is 47.2 Å². The third-order valence-corrected chi connectivity index (χ3v) is 4.04. The summed E-state index contributed by atoms with van der Waals surface area (Å²) < 4.78 is 5.74. The molecule has 0 fully saturated rings. The number of allylic oxidation sites excluding steroid dienone is 1. The SMILES string of the molecule is OC1(C2=CCCCO2)CCCCc2ccccc21. The van der Waals surface area contributed by atoms with Crippen LogP contribution in [0.1, 0.15) is 43.2 Å². The van der Waals surface area contributed by atoms with Gasteiger partial charge in [-0.3, -0.25) is 0 Å². The molecule has 1 aromatic carbocycles. The van der Waals surface area contributed by atoms with Crippen LogP contribution in [0, 0.1) is 0 Å². The molecular weight excluding hydrogens is 224 g/mol. The molecule has 0 amide bonds.